The highest BCUT2D eigenvalue weighted by Gasteiger charge is 2.22. The number of allylic oxidation sites excluding steroid dienone is 1. The number of carbonyl (C=O) groups excluding carboxylic acids is 1. The summed E-state index contributed by atoms with van der Waals surface area (Å²) in [5.74, 6) is -0.426. The Labute approximate surface area is 154 Å². The van der Waals surface area contributed by atoms with E-state index in [9.17, 15) is 14.3 Å². The van der Waals surface area contributed by atoms with Crippen molar-refractivity contribution in [2.75, 3.05) is 6.61 Å². The molecule has 0 spiro atoms. The Balaban J connectivity index is 1.52. The molecule has 2 N–H and O–H groups in total. The highest BCUT2D eigenvalue weighted by Crippen LogP contribution is 2.26. The lowest BCUT2D eigenvalue weighted by molar-refractivity contribution is 0.0901. The standard InChI is InChI=1S/C20H16FN3O3/c21-16-8-6-13(7-9-16)19(26)22-17(11-25)20-23-18(24-27-20)15-5-4-12-2-1-3-14(12)10-15/h1-2,4-10,17,25H,3,11H2,(H,22,26)/t17-/m0/s1. The second kappa shape index (κ2) is 7.13. The van der Waals surface area contributed by atoms with Gasteiger partial charge in [-0.25, -0.2) is 4.39 Å². The number of halogens is 1. The number of aliphatic hydroxyl groups is 1. The Morgan fingerprint density at radius 3 is 2.85 bits per heavy atom. The van der Waals surface area contributed by atoms with Crippen LogP contribution in [0.15, 0.2) is 53.1 Å². The fourth-order valence-electron chi connectivity index (χ4n) is 2.92. The molecule has 0 unspecified atom stereocenters. The van der Waals surface area contributed by atoms with Gasteiger partial charge in [0.05, 0.1) is 6.61 Å². The van der Waals surface area contributed by atoms with Crippen molar-refractivity contribution in [3.05, 3.63) is 76.9 Å². The Bertz CT molecular complexity index is 1010. The summed E-state index contributed by atoms with van der Waals surface area (Å²) in [6.45, 7) is -0.414. The Morgan fingerprint density at radius 1 is 1.26 bits per heavy atom. The van der Waals surface area contributed by atoms with Crippen molar-refractivity contribution in [3.63, 3.8) is 0 Å². The van der Waals surface area contributed by atoms with Crippen LogP contribution in [-0.2, 0) is 6.42 Å². The molecule has 136 valence electrons. The number of nitrogens with zero attached hydrogens (tertiary/aromatic N) is 2. The summed E-state index contributed by atoms with van der Waals surface area (Å²) in [5, 5.41) is 16.2. The van der Waals surface area contributed by atoms with Crippen LogP contribution in [-0.4, -0.2) is 27.8 Å². The van der Waals surface area contributed by atoms with E-state index < -0.39 is 24.4 Å². The van der Waals surface area contributed by atoms with Crippen molar-refractivity contribution >= 4 is 12.0 Å². The lowest BCUT2D eigenvalue weighted by Crippen LogP contribution is -2.31. The minimum atomic E-state index is -0.861. The number of rotatable bonds is 5. The van der Waals surface area contributed by atoms with Crippen molar-refractivity contribution in [1.82, 2.24) is 15.5 Å². The molecule has 0 saturated carbocycles. The third-order valence-electron chi connectivity index (χ3n) is 4.37. The van der Waals surface area contributed by atoms with Crippen LogP contribution in [0, 0.1) is 5.82 Å². The topological polar surface area (TPSA) is 88.2 Å². The molecule has 27 heavy (non-hydrogen) atoms. The molecular formula is C20H16FN3O3. The predicted octanol–water partition coefficient (Wildman–Crippen LogP) is 2.91. The van der Waals surface area contributed by atoms with E-state index in [0.717, 1.165) is 12.0 Å². The molecule has 3 aromatic rings. The second-order valence-electron chi connectivity index (χ2n) is 6.19. The minimum Gasteiger partial charge on any atom is -0.394 e. The van der Waals surface area contributed by atoms with Gasteiger partial charge in [-0.3, -0.25) is 4.79 Å². The summed E-state index contributed by atoms with van der Waals surface area (Å²) in [4.78, 5) is 16.6. The molecule has 0 bridgehead atoms. The first-order chi connectivity index (χ1) is 13.1. The molecule has 1 amide bonds. The first-order valence-electron chi connectivity index (χ1n) is 8.45. The average Bonchev–Trinajstić information content (AvgIpc) is 3.35. The zero-order chi connectivity index (χ0) is 18.8. The molecule has 0 radical (unpaired) electrons. The van der Waals surface area contributed by atoms with Crippen LogP contribution < -0.4 is 5.32 Å². The lowest BCUT2D eigenvalue weighted by atomic mass is 10.1. The van der Waals surface area contributed by atoms with Crippen LogP contribution >= 0.6 is 0 Å². The first kappa shape index (κ1) is 17.1. The highest BCUT2D eigenvalue weighted by atomic mass is 19.1. The van der Waals surface area contributed by atoms with Gasteiger partial charge in [-0.1, -0.05) is 29.4 Å². The smallest absolute Gasteiger partial charge is 0.251 e. The normalized spacial score (nSPS) is 13.4. The van der Waals surface area contributed by atoms with Gasteiger partial charge in [0.25, 0.3) is 11.8 Å². The van der Waals surface area contributed by atoms with Gasteiger partial charge in [-0.2, -0.15) is 4.98 Å². The SMILES string of the molecule is O=C(N[C@@H](CO)c1nc(-c2ccc3c(c2)CC=C3)no1)c1ccc(F)cc1. The van der Waals surface area contributed by atoms with Gasteiger partial charge >= 0.3 is 0 Å². The zero-order valence-corrected chi connectivity index (χ0v) is 14.2. The third-order valence-corrected chi connectivity index (χ3v) is 4.37. The van der Waals surface area contributed by atoms with Crippen LogP contribution in [0.2, 0.25) is 0 Å². The third kappa shape index (κ3) is 3.50. The molecule has 1 aliphatic carbocycles. The molecule has 0 aliphatic heterocycles. The largest absolute Gasteiger partial charge is 0.394 e. The molecule has 6 nitrogen and oxygen atoms in total. The molecule has 1 aliphatic rings. The van der Waals surface area contributed by atoms with Gasteiger partial charge in [0, 0.05) is 11.1 Å². The molecule has 1 heterocycles. The molecule has 4 rings (SSSR count). The second-order valence-corrected chi connectivity index (χ2v) is 6.19. The van der Waals surface area contributed by atoms with Crippen LogP contribution in [0.1, 0.15) is 33.4 Å². The maximum absolute atomic E-state index is 13.0. The molecule has 2 aromatic carbocycles. The number of nitrogens with one attached hydrogen (secondary N) is 1. The van der Waals surface area contributed by atoms with E-state index in [1.54, 1.807) is 0 Å². The molecular weight excluding hydrogens is 349 g/mol. The van der Waals surface area contributed by atoms with Crippen LogP contribution in [0.3, 0.4) is 0 Å². The van der Waals surface area contributed by atoms with E-state index >= 15 is 0 Å². The Hall–Kier alpha value is -3.32. The van der Waals surface area contributed by atoms with E-state index in [0.29, 0.717) is 5.82 Å². The number of amides is 1. The summed E-state index contributed by atoms with van der Waals surface area (Å²) >= 11 is 0. The number of hydrogen-bond acceptors (Lipinski definition) is 5. The fourth-order valence-corrected chi connectivity index (χ4v) is 2.92. The number of benzene rings is 2. The number of fused-ring (bicyclic) bond motifs is 1. The lowest BCUT2D eigenvalue weighted by Gasteiger charge is -2.12. The molecule has 0 fully saturated rings. The summed E-state index contributed by atoms with van der Waals surface area (Å²) in [5.41, 5.74) is 3.42. The van der Waals surface area contributed by atoms with E-state index in [4.69, 9.17) is 4.52 Å². The summed E-state index contributed by atoms with van der Waals surface area (Å²) in [7, 11) is 0. The molecule has 0 saturated heterocycles. The fraction of sp³-hybridized carbons (Fsp3) is 0.150. The van der Waals surface area contributed by atoms with E-state index in [-0.39, 0.29) is 11.5 Å². The van der Waals surface area contributed by atoms with Crippen LogP contribution in [0.5, 0.6) is 0 Å². The van der Waals surface area contributed by atoms with E-state index in [1.165, 1.54) is 35.4 Å². The Kier molecular flexibility index (Phi) is 4.52. The van der Waals surface area contributed by atoms with Gasteiger partial charge in [0.2, 0.25) is 5.82 Å². The van der Waals surface area contributed by atoms with Gasteiger partial charge in [-0.05, 0) is 47.9 Å². The Morgan fingerprint density at radius 2 is 2.07 bits per heavy atom. The van der Waals surface area contributed by atoms with Gasteiger partial charge in [0.15, 0.2) is 0 Å². The van der Waals surface area contributed by atoms with Crippen LogP contribution in [0.25, 0.3) is 17.5 Å². The predicted molar refractivity (Wildman–Crippen MR) is 96.2 cm³/mol. The van der Waals surface area contributed by atoms with Crippen molar-refractivity contribution in [1.29, 1.82) is 0 Å². The quantitative estimate of drug-likeness (QED) is 0.726. The highest BCUT2D eigenvalue weighted by molar-refractivity contribution is 5.94. The number of aliphatic hydroxyl groups excluding tert-OH is 1. The minimum absolute atomic E-state index is 0.0987. The zero-order valence-electron chi connectivity index (χ0n) is 14.2. The monoisotopic (exact) mass is 365 g/mol. The van der Waals surface area contributed by atoms with E-state index in [2.05, 4.69) is 27.6 Å². The molecule has 1 aromatic heterocycles. The molecule has 1 atom stereocenters. The summed E-state index contributed by atoms with van der Waals surface area (Å²) in [6, 6.07) is 10.1. The average molecular weight is 365 g/mol. The van der Waals surface area contributed by atoms with Gasteiger partial charge in [0.1, 0.15) is 11.9 Å². The van der Waals surface area contributed by atoms with Crippen molar-refractivity contribution in [2.45, 2.75) is 12.5 Å². The van der Waals surface area contributed by atoms with Crippen LogP contribution in [0.4, 0.5) is 4.39 Å². The number of aromatic nitrogens is 2. The van der Waals surface area contributed by atoms with Crippen molar-refractivity contribution < 1.29 is 18.8 Å². The number of carbonyl (C=O) groups is 1. The van der Waals surface area contributed by atoms with Crippen molar-refractivity contribution in [2.24, 2.45) is 0 Å². The van der Waals surface area contributed by atoms with Gasteiger partial charge in [-0.15, -0.1) is 0 Å². The number of hydrogen-bond donors (Lipinski definition) is 2. The first-order valence-corrected chi connectivity index (χ1v) is 8.45. The van der Waals surface area contributed by atoms with E-state index in [1.807, 2.05) is 18.2 Å². The maximum Gasteiger partial charge on any atom is 0.251 e. The van der Waals surface area contributed by atoms with Crippen molar-refractivity contribution in [3.8, 4) is 11.4 Å². The maximum atomic E-state index is 13.0. The summed E-state index contributed by atoms with van der Waals surface area (Å²) < 4.78 is 18.2. The van der Waals surface area contributed by atoms with Gasteiger partial charge < -0.3 is 14.9 Å². The summed E-state index contributed by atoms with van der Waals surface area (Å²) in [6.07, 6.45) is 5.01. The molecule has 7 heteroatoms.